The van der Waals surface area contributed by atoms with Crippen LogP contribution in [0.4, 0.5) is 0 Å². The molecule has 1 aliphatic rings. The molecule has 0 radical (unpaired) electrons. The van der Waals surface area contributed by atoms with Crippen LogP contribution in [-0.2, 0) is 9.63 Å². The van der Waals surface area contributed by atoms with Crippen molar-refractivity contribution in [1.82, 2.24) is 4.90 Å². The van der Waals surface area contributed by atoms with Crippen LogP contribution in [-0.4, -0.2) is 30.0 Å². The quantitative estimate of drug-likeness (QED) is 0.745. The second-order valence-electron chi connectivity index (χ2n) is 5.17. The summed E-state index contributed by atoms with van der Waals surface area (Å²) in [4.78, 5) is 18.6. The van der Waals surface area contributed by atoms with E-state index in [1.54, 1.807) is 0 Å². The van der Waals surface area contributed by atoms with E-state index in [2.05, 4.69) is 13.8 Å². The van der Waals surface area contributed by atoms with Crippen molar-refractivity contribution < 1.29 is 9.63 Å². The molecule has 0 atom stereocenters. The molecule has 1 fully saturated rings. The van der Waals surface area contributed by atoms with Crippen LogP contribution in [0.15, 0.2) is 0 Å². The molecule has 94 valence electrons. The molecule has 1 amide bonds. The zero-order chi connectivity index (χ0) is 12.1. The summed E-state index contributed by atoms with van der Waals surface area (Å²) in [6, 6.07) is 0.373. The van der Waals surface area contributed by atoms with Gasteiger partial charge < -0.3 is 9.74 Å². The minimum Gasteiger partial charge on any atom is -0.343 e. The van der Waals surface area contributed by atoms with E-state index in [-0.39, 0.29) is 12.0 Å². The summed E-state index contributed by atoms with van der Waals surface area (Å²) < 4.78 is 0. The first-order chi connectivity index (χ1) is 7.54. The number of nitrogens with two attached hydrogens (primary N) is 1. The Morgan fingerprint density at radius 1 is 1.38 bits per heavy atom. The zero-order valence-corrected chi connectivity index (χ0v) is 10.6. The lowest BCUT2D eigenvalue weighted by molar-refractivity contribution is -0.134. The summed E-state index contributed by atoms with van der Waals surface area (Å²) in [6.45, 7) is 4.15. The first-order valence-corrected chi connectivity index (χ1v) is 6.15. The molecule has 0 unspecified atom stereocenters. The van der Waals surface area contributed by atoms with Gasteiger partial charge in [-0.2, -0.15) is 0 Å². The average molecular weight is 228 g/mol. The Kier molecular flexibility index (Phi) is 5.22. The first kappa shape index (κ1) is 13.5. The van der Waals surface area contributed by atoms with Crippen LogP contribution in [0, 0.1) is 5.92 Å². The molecule has 0 spiro atoms. The summed E-state index contributed by atoms with van der Waals surface area (Å²) in [5.74, 6) is 5.86. The number of hydrogen-bond acceptors (Lipinski definition) is 3. The van der Waals surface area contributed by atoms with Crippen LogP contribution in [0.2, 0.25) is 0 Å². The van der Waals surface area contributed by atoms with Crippen LogP contribution >= 0.6 is 0 Å². The molecule has 4 heteroatoms. The lowest BCUT2D eigenvalue weighted by Crippen LogP contribution is -2.41. The van der Waals surface area contributed by atoms with Gasteiger partial charge in [0, 0.05) is 19.5 Å². The molecule has 0 heterocycles. The number of hydrogen-bond donors (Lipinski definition) is 1. The van der Waals surface area contributed by atoms with Gasteiger partial charge in [-0.3, -0.25) is 4.79 Å². The maximum Gasteiger partial charge on any atom is 0.222 e. The zero-order valence-electron chi connectivity index (χ0n) is 10.6. The second-order valence-corrected chi connectivity index (χ2v) is 5.17. The summed E-state index contributed by atoms with van der Waals surface area (Å²) in [7, 11) is 1.92. The normalized spacial score (nSPS) is 25.8. The molecule has 0 bridgehead atoms. The van der Waals surface area contributed by atoms with Gasteiger partial charge in [-0.1, -0.05) is 13.8 Å². The minimum absolute atomic E-state index is 0.185. The third-order valence-corrected chi connectivity index (χ3v) is 3.36. The Labute approximate surface area is 98.1 Å². The van der Waals surface area contributed by atoms with Crippen molar-refractivity contribution in [3.63, 3.8) is 0 Å². The monoisotopic (exact) mass is 228 g/mol. The predicted octanol–water partition coefficient (Wildman–Crippen LogP) is 1.69. The third kappa shape index (κ3) is 3.76. The van der Waals surface area contributed by atoms with Gasteiger partial charge in [0.25, 0.3) is 0 Å². The number of carbonyl (C=O) groups excluding carboxylic acids is 1. The van der Waals surface area contributed by atoms with Crippen molar-refractivity contribution in [2.45, 2.75) is 58.1 Å². The fourth-order valence-electron chi connectivity index (χ4n) is 2.27. The van der Waals surface area contributed by atoms with E-state index >= 15 is 0 Å². The lowest BCUT2D eigenvalue weighted by Gasteiger charge is -2.34. The van der Waals surface area contributed by atoms with Crippen LogP contribution < -0.4 is 5.90 Å². The van der Waals surface area contributed by atoms with Gasteiger partial charge >= 0.3 is 0 Å². The standard InChI is InChI=1S/C12H24N2O2/c1-9(2)8-12(15)14(3)10-4-6-11(16-13)7-5-10/h9-11H,4-8,13H2,1-3H3. The summed E-state index contributed by atoms with van der Waals surface area (Å²) in [5, 5.41) is 0. The Morgan fingerprint density at radius 2 is 1.94 bits per heavy atom. The van der Waals surface area contributed by atoms with Crippen molar-refractivity contribution in [3.8, 4) is 0 Å². The molecule has 1 aliphatic carbocycles. The smallest absolute Gasteiger partial charge is 0.222 e. The highest BCUT2D eigenvalue weighted by Gasteiger charge is 2.26. The van der Waals surface area contributed by atoms with E-state index in [1.165, 1.54) is 0 Å². The van der Waals surface area contributed by atoms with Gasteiger partial charge in [0.05, 0.1) is 6.10 Å². The highest BCUT2D eigenvalue weighted by Crippen LogP contribution is 2.24. The molecule has 4 nitrogen and oxygen atoms in total. The number of amides is 1. The van der Waals surface area contributed by atoms with E-state index in [4.69, 9.17) is 10.7 Å². The van der Waals surface area contributed by atoms with Gasteiger partial charge in [-0.15, -0.1) is 0 Å². The van der Waals surface area contributed by atoms with Crippen LogP contribution in [0.1, 0.15) is 46.0 Å². The van der Waals surface area contributed by atoms with Gasteiger partial charge in [-0.25, -0.2) is 5.90 Å². The molecule has 0 aromatic carbocycles. The molecule has 0 aromatic rings. The fourth-order valence-corrected chi connectivity index (χ4v) is 2.27. The van der Waals surface area contributed by atoms with Crippen LogP contribution in [0.3, 0.4) is 0 Å². The van der Waals surface area contributed by atoms with E-state index in [1.807, 2.05) is 11.9 Å². The Hall–Kier alpha value is -0.610. The number of carbonyl (C=O) groups is 1. The molecule has 0 aromatic heterocycles. The van der Waals surface area contributed by atoms with Crippen molar-refractivity contribution >= 4 is 5.91 Å². The Morgan fingerprint density at radius 3 is 2.38 bits per heavy atom. The molecular weight excluding hydrogens is 204 g/mol. The van der Waals surface area contributed by atoms with Crippen LogP contribution in [0.5, 0.6) is 0 Å². The molecule has 16 heavy (non-hydrogen) atoms. The molecule has 1 saturated carbocycles. The summed E-state index contributed by atoms with van der Waals surface area (Å²) in [6.07, 6.45) is 4.75. The largest absolute Gasteiger partial charge is 0.343 e. The maximum atomic E-state index is 11.9. The van der Waals surface area contributed by atoms with Gasteiger partial charge in [0.1, 0.15) is 0 Å². The van der Waals surface area contributed by atoms with Gasteiger partial charge in [0.15, 0.2) is 0 Å². The highest BCUT2D eigenvalue weighted by molar-refractivity contribution is 5.76. The Balaban J connectivity index is 2.37. The fraction of sp³-hybridized carbons (Fsp3) is 0.917. The molecule has 1 rings (SSSR count). The number of rotatable bonds is 4. The maximum absolute atomic E-state index is 11.9. The van der Waals surface area contributed by atoms with Crippen molar-refractivity contribution in [1.29, 1.82) is 0 Å². The summed E-state index contributed by atoms with van der Waals surface area (Å²) in [5.41, 5.74) is 0. The van der Waals surface area contributed by atoms with Crippen molar-refractivity contribution in [2.75, 3.05) is 7.05 Å². The van der Waals surface area contributed by atoms with Gasteiger partial charge in [0.2, 0.25) is 5.91 Å². The lowest BCUT2D eigenvalue weighted by atomic mass is 9.92. The van der Waals surface area contributed by atoms with E-state index in [9.17, 15) is 4.79 Å². The minimum atomic E-state index is 0.185. The number of nitrogens with zero attached hydrogens (tertiary/aromatic N) is 1. The summed E-state index contributed by atoms with van der Waals surface area (Å²) >= 11 is 0. The average Bonchev–Trinajstić information content (AvgIpc) is 2.27. The Bertz CT molecular complexity index is 223. The van der Waals surface area contributed by atoms with Crippen LogP contribution in [0.25, 0.3) is 0 Å². The van der Waals surface area contributed by atoms with Gasteiger partial charge in [-0.05, 0) is 31.6 Å². The van der Waals surface area contributed by atoms with Crippen molar-refractivity contribution in [2.24, 2.45) is 11.8 Å². The predicted molar refractivity (Wildman–Crippen MR) is 63.5 cm³/mol. The van der Waals surface area contributed by atoms with Crippen molar-refractivity contribution in [3.05, 3.63) is 0 Å². The molecule has 2 N–H and O–H groups in total. The third-order valence-electron chi connectivity index (χ3n) is 3.36. The highest BCUT2D eigenvalue weighted by atomic mass is 16.6. The van der Waals surface area contributed by atoms with E-state index in [0.29, 0.717) is 18.4 Å². The molecule has 0 aliphatic heterocycles. The van der Waals surface area contributed by atoms with E-state index in [0.717, 1.165) is 25.7 Å². The molecule has 0 saturated heterocycles. The van der Waals surface area contributed by atoms with E-state index < -0.39 is 0 Å². The topological polar surface area (TPSA) is 55.6 Å². The SMILES string of the molecule is CC(C)CC(=O)N(C)C1CCC(ON)CC1. The first-order valence-electron chi connectivity index (χ1n) is 6.15. The second kappa shape index (κ2) is 6.21. The molecular formula is C12H24N2O2.